The third-order valence-electron chi connectivity index (χ3n) is 2.70. The van der Waals surface area contributed by atoms with Crippen LogP contribution in [0.25, 0.3) is 0 Å². The van der Waals surface area contributed by atoms with E-state index in [0.717, 1.165) is 24.7 Å². The lowest BCUT2D eigenvalue weighted by atomic mass is 10.2. The summed E-state index contributed by atoms with van der Waals surface area (Å²) < 4.78 is 7.45. The molecule has 1 atom stereocenters. The first-order valence-corrected chi connectivity index (χ1v) is 5.52. The number of imidazole rings is 1. The Labute approximate surface area is 95.3 Å². The topological polar surface area (TPSA) is 43.0 Å². The van der Waals surface area contributed by atoms with E-state index < -0.39 is 0 Å². The van der Waals surface area contributed by atoms with Gasteiger partial charge in [0.1, 0.15) is 11.6 Å². The molecular weight excluding hydrogens is 202 g/mol. The molecule has 86 valence electrons. The lowest BCUT2D eigenvalue weighted by Crippen LogP contribution is -2.23. The fraction of sp³-hybridized carbons (Fsp3) is 0.417. The summed E-state index contributed by atoms with van der Waals surface area (Å²) >= 11 is 0. The summed E-state index contributed by atoms with van der Waals surface area (Å²) in [7, 11) is 0. The van der Waals surface area contributed by atoms with Gasteiger partial charge >= 0.3 is 0 Å². The number of nitrogens with zero attached hydrogens (tertiary/aromatic N) is 2. The highest BCUT2D eigenvalue weighted by atomic mass is 16.3. The van der Waals surface area contributed by atoms with Crippen molar-refractivity contribution in [2.75, 3.05) is 6.54 Å². The van der Waals surface area contributed by atoms with E-state index in [1.165, 1.54) is 0 Å². The number of aromatic nitrogens is 2. The van der Waals surface area contributed by atoms with Crippen molar-refractivity contribution in [3.05, 3.63) is 42.4 Å². The van der Waals surface area contributed by atoms with Crippen molar-refractivity contribution in [2.24, 2.45) is 0 Å². The number of furan rings is 1. The van der Waals surface area contributed by atoms with E-state index in [1.807, 2.05) is 31.5 Å². The van der Waals surface area contributed by atoms with Crippen molar-refractivity contribution < 1.29 is 4.42 Å². The molecule has 2 heterocycles. The van der Waals surface area contributed by atoms with Gasteiger partial charge in [0, 0.05) is 25.5 Å². The van der Waals surface area contributed by atoms with Crippen LogP contribution in [0.5, 0.6) is 0 Å². The lowest BCUT2D eigenvalue weighted by molar-refractivity contribution is 0.423. The summed E-state index contributed by atoms with van der Waals surface area (Å²) in [4.78, 5) is 4.18. The fourth-order valence-electron chi connectivity index (χ4n) is 1.68. The molecule has 0 bridgehead atoms. The highest BCUT2D eigenvalue weighted by Gasteiger charge is 2.06. The van der Waals surface area contributed by atoms with Crippen LogP contribution in [0.2, 0.25) is 0 Å². The maximum Gasteiger partial charge on any atom is 0.120 e. The summed E-state index contributed by atoms with van der Waals surface area (Å²) in [6.07, 6.45) is 5.52. The van der Waals surface area contributed by atoms with Crippen molar-refractivity contribution >= 4 is 0 Å². The molecule has 0 saturated carbocycles. The Kier molecular flexibility index (Phi) is 3.41. The van der Waals surface area contributed by atoms with Gasteiger partial charge in [-0.05, 0) is 26.0 Å². The molecule has 0 unspecified atom stereocenters. The molecular formula is C12H17N3O. The van der Waals surface area contributed by atoms with Gasteiger partial charge in [-0.1, -0.05) is 0 Å². The first kappa shape index (κ1) is 11.0. The summed E-state index contributed by atoms with van der Waals surface area (Å²) in [5.74, 6) is 2.02. The average molecular weight is 219 g/mol. The number of hydrogen-bond acceptors (Lipinski definition) is 3. The Morgan fingerprint density at radius 1 is 1.56 bits per heavy atom. The van der Waals surface area contributed by atoms with Gasteiger partial charge in [0.25, 0.3) is 0 Å². The molecule has 0 fully saturated rings. The highest BCUT2D eigenvalue weighted by Crippen LogP contribution is 2.11. The Morgan fingerprint density at radius 2 is 2.44 bits per heavy atom. The van der Waals surface area contributed by atoms with Crippen LogP contribution in [0.3, 0.4) is 0 Å². The minimum absolute atomic E-state index is 0.249. The zero-order valence-electron chi connectivity index (χ0n) is 9.68. The van der Waals surface area contributed by atoms with E-state index >= 15 is 0 Å². The molecule has 0 aliphatic rings. The third kappa shape index (κ3) is 2.52. The largest absolute Gasteiger partial charge is 0.468 e. The molecule has 0 aromatic carbocycles. The Bertz CT molecular complexity index is 419. The fourth-order valence-corrected chi connectivity index (χ4v) is 1.68. The van der Waals surface area contributed by atoms with Crippen LogP contribution in [0, 0.1) is 6.92 Å². The van der Waals surface area contributed by atoms with E-state index in [-0.39, 0.29) is 6.04 Å². The summed E-state index contributed by atoms with van der Waals surface area (Å²) in [5, 5.41) is 3.41. The average Bonchev–Trinajstić information content (AvgIpc) is 2.90. The predicted molar refractivity (Wildman–Crippen MR) is 62.1 cm³/mol. The summed E-state index contributed by atoms with van der Waals surface area (Å²) in [5.41, 5.74) is 0. The molecule has 0 saturated heterocycles. The summed E-state index contributed by atoms with van der Waals surface area (Å²) in [6, 6.07) is 4.15. The molecule has 0 amide bonds. The zero-order chi connectivity index (χ0) is 11.4. The van der Waals surface area contributed by atoms with Crippen molar-refractivity contribution in [2.45, 2.75) is 26.4 Å². The minimum Gasteiger partial charge on any atom is -0.468 e. The van der Waals surface area contributed by atoms with Crippen LogP contribution in [0.1, 0.15) is 24.6 Å². The predicted octanol–water partition coefficient (Wildman–Crippen LogP) is 2.14. The van der Waals surface area contributed by atoms with E-state index in [9.17, 15) is 0 Å². The van der Waals surface area contributed by atoms with Crippen molar-refractivity contribution in [1.82, 2.24) is 14.9 Å². The quantitative estimate of drug-likeness (QED) is 0.837. The van der Waals surface area contributed by atoms with Gasteiger partial charge in [0.05, 0.1) is 12.3 Å². The maximum atomic E-state index is 5.33. The van der Waals surface area contributed by atoms with Gasteiger partial charge in [-0.3, -0.25) is 0 Å². The molecule has 0 spiro atoms. The molecule has 0 radical (unpaired) electrons. The van der Waals surface area contributed by atoms with Crippen molar-refractivity contribution in [3.8, 4) is 0 Å². The second-order valence-electron chi connectivity index (χ2n) is 3.86. The number of nitrogens with one attached hydrogen (secondary N) is 1. The van der Waals surface area contributed by atoms with Crippen molar-refractivity contribution in [1.29, 1.82) is 0 Å². The Hall–Kier alpha value is -1.55. The second-order valence-corrected chi connectivity index (χ2v) is 3.86. The highest BCUT2D eigenvalue weighted by molar-refractivity contribution is 5.02. The van der Waals surface area contributed by atoms with E-state index in [4.69, 9.17) is 4.42 Å². The van der Waals surface area contributed by atoms with Crippen LogP contribution >= 0.6 is 0 Å². The van der Waals surface area contributed by atoms with Crippen LogP contribution in [0.4, 0.5) is 0 Å². The molecule has 2 aromatic rings. The monoisotopic (exact) mass is 219 g/mol. The zero-order valence-corrected chi connectivity index (χ0v) is 9.68. The standard InChI is InChI=1S/C12H17N3O/c1-10(12-4-3-9-16-12)13-5-7-15-8-6-14-11(15)2/h3-4,6,8-10,13H,5,7H2,1-2H3/t10-/m1/s1. The molecule has 4 heteroatoms. The van der Waals surface area contributed by atoms with E-state index in [1.54, 1.807) is 6.26 Å². The van der Waals surface area contributed by atoms with Gasteiger partial charge < -0.3 is 14.3 Å². The molecule has 2 rings (SSSR count). The lowest BCUT2D eigenvalue weighted by Gasteiger charge is -2.12. The first-order chi connectivity index (χ1) is 7.77. The van der Waals surface area contributed by atoms with Crippen molar-refractivity contribution in [3.63, 3.8) is 0 Å². The van der Waals surface area contributed by atoms with Crippen LogP contribution in [0.15, 0.2) is 35.2 Å². The molecule has 0 aliphatic heterocycles. The van der Waals surface area contributed by atoms with Gasteiger partial charge in [-0.25, -0.2) is 4.98 Å². The first-order valence-electron chi connectivity index (χ1n) is 5.52. The number of aryl methyl sites for hydroxylation is 1. The number of rotatable bonds is 5. The molecule has 0 aliphatic carbocycles. The van der Waals surface area contributed by atoms with Gasteiger partial charge in [-0.2, -0.15) is 0 Å². The van der Waals surface area contributed by atoms with Crippen LogP contribution in [-0.2, 0) is 6.54 Å². The van der Waals surface area contributed by atoms with Gasteiger partial charge in [0.15, 0.2) is 0 Å². The van der Waals surface area contributed by atoms with E-state index in [0.29, 0.717) is 0 Å². The molecule has 1 N–H and O–H groups in total. The van der Waals surface area contributed by atoms with Gasteiger partial charge in [0.2, 0.25) is 0 Å². The van der Waals surface area contributed by atoms with E-state index in [2.05, 4.69) is 21.8 Å². The molecule has 16 heavy (non-hydrogen) atoms. The Morgan fingerprint density at radius 3 is 3.06 bits per heavy atom. The minimum atomic E-state index is 0.249. The summed E-state index contributed by atoms with van der Waals surface area (Å²) in [6.45, 7) is 5.94. The molecule has 4 nitrogen and oxygen atoms in total. The smallest absolute Gasteiger partial charge is 0.120 e. The second kappa shape index (κ2) is 4.99. The van der Waals surface area contributed by atoms with Crippen LogP contribution < -0.4 is 5.32 Å². The van der Waals surface area contributed by atoms with Crippen LogP contribution in [-0.4, -0.2) is 16.1 Å². The Balaban J connectivity index is 1.78. The normalized spacial score (nSPS) is 12.9. The molecule has 2 aromatic heterocycles. The van der Waals surface area contributed by atoms with Gasteiger partial charge in [-0.15, -0.1) is 0 Å². The maximum absolute atomic E-state index is 5.33. The third-order valence-corrected chi connectivity index (χ3v) is 2.70. The SMILES string of the molecule is Cc1nccn1CCN[C@H](C)c1ccco1. The number of hydrogen-bond donors (Lipinski definition) is 1.